The highest BCUT2D eigenvalue weighted by atomic mass is 32.1. The summed E-state index contributed by atoms with van der Waals surface area (Å²) < 4.78 is 2.08. The van der Waals surface area contributed by atoms with E-state index in [-0.39, 0.29) is 0 Å². The smallest absolute Gasteiger partial charge is 0.125 e. The molecule has 3 rings (SSSR count). The summed E-state index contributed by atoms with van der Waals surface area (Å²) >= 11 is 1.98. The fourth-order valence-electron chi connectivity index (χ4n) is 2.62. The van der Waals surface area contributed by atoms with E-state index in [1.54, 1.807) is 10.4 Å². The van der Waals surface area contributed by atoms with E-state index in [1.165, 1.54) is 24.1 Å². The van der Waals surface area contributed by atoms with Gasteiger partial charge in [0.25, 0.3) is 0 Å². The van der Waals surface area contributed by atoms with Crippen LogP contribution >= 0.6 is 11.3 Å². The summed E-state index contributed by atoms with van der Waals surface area (Å²) in [6.45, 7) is 3.12. The molecular weight excluding hydrogens is 242 g/mol. The maximum atomic E-state index is 4.38. The maximum Gasteiger partial charge on any atom is 0.125 e. The van der Waals surface area contributed by atoms with E-state index >= 15 is 0 Å². The first-order valence-electron chi connectivity index (χ1n) is 6.55. The molecule has 0 bridgehead atoms. The molecule has 1 N–H and O–H groups in total. The molecule has 2 heterocycles. The Kier molecular flexibility index (Phi) is 3.22. The van der Waals surface area contributed by atoms with Gasteiger partial charge in [-0.2, -0.15) is 0 Å². The van der Waals surface area contributed by atoms with Gasteiger partial charge in [-0.25, -0.2) is 4.98 Å². The Morgan fingerprint density at radius 2 is 2.39 bits per heavy atom. The van der Waals surface area contributed by atoms with Gasteiger partial charge in [0, 0.05) is 35.7 Å². The van der Waals surface area contributed by atoms with Crippen LogP contribution in [0.2, 0.25) is 0 Å². The van der Waals surface area contributed by atoms with Gasteiger partial charge in [0.05, 0.1) is 6.04 Å². The second kappa shape index (κ2) is 4.86. The van der Waals surface area contributed by atoms with Gasteiger partial charge in [-0.3, -0.25) is 0 Å². The number of thiophene rings is 1. The molecule has 0 amide bonds. The van der Waals surface area contributed by atoms with Crippen LogP contribution in [0.25, 0.3) is 0 Å². The van der Waals surface area contributed by atoms with Crippen molar-refractivity contribution >= 4 is 11.3 Å². The third kappa shape index (κ3) is 2.22. The molecule has 96 valence electrons. The summed E-state index contributed by atoms with van der Waals surface area (Å²) in [6.07, 6.45) is 7.76. The lowest BCUT2D eigenvalue weighted by atomic mass is 10.2. The number of imidazole rings is 1. The first kappa shape index (κ1) is 11.9. The largest absolute Gasteiger partial charge is 0.337 e. The molecule has 1 atom stereocenters. The predicted molar refractivity (Wildman–Crippen MR) is 74.8 cm³/mol. The zero-order chi connectivity index (χ0) is 12.5. The Labute approximate surface area is 112 Å². The highest BCUT2D eigenvalue weighted by molar-refractivity contribution is 7.12. The van der Waals surface area contributed by atoms with Crippen molar-refractivity contribution in [2.45, 2.75) is 38.8 Å². The molecule has 1 aliphatic rings. The van der Waals surface area contributed by atoms with Gasteiger partial charge < -0.3 is 9.88 Å². The van der Waals surface area contributed by atoms with Crippen molar-refractivity contribution in [1.29, 1.82) is 0 Å². The topological polar surface area (TPSA) is 29.9 Å². The molecule has 1 aliphatic carbocycles. The molecule has 3 nitrogen and oxygen atoms in total. The minimum absolute atomic E-state index is 0.293. The Balaban J connectivity index is 1.62. The van der Waals surface area contributed by atoms with Gasteiger partial charge in [-0.1, -0.05) is 0 Å². The number of fused-ring (bicyclic) bond motifs is 1. The standard InChI is InChI=1S/C14H19N3S/c1-10(14-15-6-7-17(14)2)16-9-12-8-11-4-3-5-13(11)18-12/h6-8,10,16H,3-5,9H2,1-2H3. The Morgan fingerprint density at radius 3 is 3.11 bits per heavy atom. The van der Waals surface area contributed by atoms with Gasteiger partial charge in [0.15, 0.2) is 0 Å². The third-order valence-electron chi connectivity index (χ3n) is 3.63. The van der Waals surface area contributed by atoms with Crippen LogP contribution in [0.5, 0.6) is 0 Å². The van der Waals surface area contributed by atoms with Gasteiger partial charge >= 0.3 is 0 Å². The molecule has 0 aliphatic heterocycles. The average Bonchev–Trinajstić information content (AvgIpc) is 3.00. The summed E-state index contributed by atoms with van der Waals surface area (Å²) in [5, 5.41) is 3.56. The molecule has 0 fully saturated rings. The summed E-state index contributed by atoms with van der Waals surface area (Å²) in [7, 11) is 2.04. The van der Waals surface area contributed by atoms with Crippen molar-refractivity contribution in [2.75, 3.05) is 0 Å². The monoisotopic (exact) mass is 261 g/mol. The Morgan fingerprint density at radius 1 is 1.50 bits per heavy atom. The number of nitrogens with zero attached hydrogens (tertiary/aromatic N) is 2. The zero-order valence-electron chi connectivity index (χ0n) is 10.9. The third-order valence-corrected chi connectivity index (χ3v) is 4.86. The van der Waals surface area contributed by atoms with Crippen LogP contribution in [0.1, 0.15) is 40.5 Å². The molecule has 2 aromatic heterocycles. The first-order valence-corrected chi connectivity index (χ1v) is 7.37. The summed E-state index contributed by atoms with van der Waals surface area (Å²) in [6, 6.07) is 2.67. The summed E-state index contributed by atoms with van der Waals surface area (Å²) in [5.41, 5.74) is 1.58. The molecule has 2 aromatic rings. The minimum Gasteiger partial charge on any atom is -0.337 e. The molecule has 0 aromatic carbocycles. The summed E-state index contributed by atoms with van der Waals surface area (Å²) in [5.74, 6) is 1.10. The van der Waals surface area contributed by atoms with Crippen LogP contribution in [-0.2, 0) is 26.4 Å². The van der Waals surface area contributed by atoms with Crippen LogP contribution in [0.3, 0.4) is 0 Å². The lowest BCUT2D eigenvalue weighted by Crippen LogP contribution is -2.20. The van der Waals surface area contributed by atoms with Crippen molar-refractivity contribution in [2.24, 2.45) is 7.05 Å². The molecule has 0 saturated heterocycles. The van der Waals surface area contributed by atoms with Gasteiger partial charge in [0.1, 0.15) is 5.82 Å². The van der Waals surface area contributed by atoms with Crippen LogP contribution in [0.4, 0.5) is 0 Å². The van der Waals surface area contributed by atoms with Crippen molar-refractivity contribution in [3.05, 3.63) is 39.6 Å². The second-order valence-electron chi connectivity index (χ2n) is 5.01. The quantitative estimate of drug-likeness (QED) is 0.917. The van der Waals surface area contributed by atoms with E-state index in [9.17, 15) is 0 Å². The molecule has 0 saturated carbocycles. The number of rotatable bonds is 4. The molecule has 1 unspecified atom stereocenters. The second-order valence-corrected chi connectivity index (χ2v) is 6.23. The first-order chi connectivity index (χ1) is 8.74. The number of hydrogen-bond donors (Lipinski definition) is 1. The fraction of sp³-hybridized carbons (Fsp3) is 0.500. The van der Waals surface area contributed by atoms with Crippen molar-refractivity contribution in [1.82, 2.24) is 14.9 Å². The number of aryl methyl sites for hydroxylation is 3. The SMILES string of the molecule is CC(NCc1cc2c(s1)CCC2)c1nccn1C. The van der Waals surface area contributed by atoms with E-state index in [2.05, 4.69) is 27.9 Å². The van der Waals surface area contributed by atoms with E-state index < -0.39 is 0 Å². The molecule has 4 heteroatoms. The lowest BCUT2D eigenvalue weighted by Gasteiger charge is -2.12. The number of nitrogens with one attached hydrogen (secondary N) is 1. The number of hydrogen-bond acceptors (Lipinski definition) is 3. The van der Waals surface area contributed by atoms with Crippen LogP contribution in [0, 0.1) is 0 Å². The number of aromatic nitrogens is 2. The Hall–Kier alpha value is -1.13. The molecular formula is C14H19N3S. The van der Waals surface area contributed by atoms with Crippen LogP contribution in [-0.4, -0.2) is 9.55 Å². The minimum atomic E-state index is 0.293. The van der Waals surface area contributed by atoms with Crippen molar-refractivity contribution < 1.29 is 0 Å². The van der Waals surface area contributed by atoms with Gasteiger partial charge in [-0.15, -0.1) is 11.3 Å². The van der Waals surface area contributed by atoms with E-state index in [0.29, 0.717) is 6.04 Å². The Bertz CT molecular complexity index is 519. The highest BCUT2D eigenvalue weighted by Gasteiger charge is 2.15. The van der Waals surface area contributed by atoms with Crippen LogP contribution < -0.4 is 5.32 Å². The van der Waals surface area contributed by atoms with Crippen molar-refractivity contribution in [3.8, 4) is 0 Å². The van der Waals surface area contributed by atoms with Crippen LogP contribution in [0.15, 0.2) is 18.5 Å². The van der Waals surface area contributed by atoms with Crippen molar-refractivity contribution in [3.63, 3.8) is 0 Å². The maximum absolute atomic E-state index is 4.38. The predicted octanol–water partition coefficient (Wildman–Crippen LogP) is 2.82. The van der Waals surface area contributed by atoms with E-state index in [1.807, 2.05) is 30.8 Å². The fourth-order valence-corrected chi connectivity index (χ4v) is 3.83. The molecule has 0 spiro atoms. The van der Waals surface area contributed by atoms with E-state index in [0.717, 1.165) is 12.4 Å². The molecule has 0 radical (unpaired) electrons. The lowest BCUT2D eigenvalue weighted by molar-refractivity contribution is 0.533. The molecule has 18 heavy (non-hydrogen) atoms. The van der Waals surface area contributed by atoms with Gasteiger partial charge in [-0.05, 0) is 37.8 Å². The average molecular weight is 261 g/mol. The van der Waals surface area contributed by atoms with Gasteiger partial charge in [0.2, 0.25) is 0 Å². The zero-order valence-corrected chi connectivity index (χ0v) is 11.8. The normalized spacial score (nSPS) is 15.9. The highest BCUT2D eigenvalue weighted by Crippen LogP contribution is 2.30. The summed E-state index contributed by atoms with van der Waals surface area (Å²) in [4.78, 5) is 7.45. The van der Waals surface area contributed by atoms with E-state index in [4.69, 9.17) is 0 Å².